The molecule has 0 unspecified atom stereocenters. The van der Waals surface area contributed by atoms with Crippen molar-refractivity contribution in [2.75, 3.05) is 0 Å². The van der Waals surface area contributed by atoms with Gasteiger partial charge in [-0.1, -0.05) is 6.07 Å². The van der Waals surface area contributed by atoms with Crippen molar-refractivity contribution in [3.05, 3.63) is 44.3 Å². The number of carbonyl (C=O) groups is 1. The van der Waals surface area contributed by atoms with E-state index in [2.05, 4.69) is 24.0 Å². The second-order valence-corrected chi connectivity index (χ2v) is 6.37. The molecule has 1 aromatic heterocycles. The van der Waals surface area contributed by atoms with Crippen LogP contribution in [0.25, 0.3) is 0 Å². The molecule has 0 fully saturated rings. The SMILES string of the molecule is CC1=C(C(=O)OC(C)C)[C@@H](c2cccs2)C(C#N)=C(S)N1. The number of nitriles is 1. The molecular formula is C15H16N2O2S2. The molecule has 0 bridgehead atoms. The molecule has 1 aromatic rings. The highest BCUT2D eigenvalue weighted by Gasteiger charge is 2.35. The molecule has 1 aliphatic rings. The third kappa shape index (κ3) is 3.14. The van der Waals surface area contributed by atoms with Crippen LogP contribution < -0.4 is 5.32 Å². The number of thiol groups is 1. The van der Waals surface area contributed by atoms with E-state index in [1.54, 1.807) is 20.8 Å². The Labute approximate surface area is 133 Å². The average molecular weight is 320 g/mol. The second-order valence-electron chi connectivity index (χ2n) is 4.94. The zero-order valence-electron chi connectivity index (χ0n) is 12.0. The second kappa shape index (κ2) is 6.37. The van der Waals surface area contributed by atoms with Gasteiger partial charge in [0, 0.05) is 10.6 Å². The van der Waals surface area contributed by atoms with E-state index < -0.39 is 11.9 Å². The Hall–Kier alpha value is -1.71. The molecule has 21 heavy (non-hydrogen) atoms. The molecule has 2 rings (SSSR count). The number of allylic oxidation sites excluding steroid dienone is 2. The fourth-order valence-corrected chi connectivity index (χ4v) is 3.41. The quantitative estimate of drug-likeness (QED) is 0.662. The summed E-state index contributed by atoms with van der Waals surface area (Å²) in [6.07, 6.45) is -0.214. The summed E-state index contributed by atoms with van der Waals surface area (Å²) in [5.41, 5.74) is 1.57. The molecule has 4 nitrogen and oxygen atoms in total. The van der Waals surface area contributed by atoms with Crippen LogP contribution in [0.3, 0.4) is 0 Å². The highest BCUT2D eigenvalue weighted by molar-refractivity contribution is 7.84. The molecule has 1 aliphatic heterocycles. The first-order chi connectivity index (χ1) is 9.95. The fourth-order valence-electron chi connectivity index (χ4n) is 2.22. The zero-order valence-corrected chi connectivity index (χ0v) is 13.7. The Morgan fingerprint density at radius 1 is 1.57 bits per heavy atom. The predicted molar refractivity (Wildman–Crippen MR) is 85.7 cm³/mol. The van der Waals surface area contributed by atoms with E-state index in [9.17, 15) is 10.1 Å². The Balaban J connectivity index is 2.52. The van der Waals surface area contributed by atoms with Crippen molar-refractivity contribution in [1.82, 2.24) is 5.32 Å². The van der Waals surface area contributed by atoms with Gasteiger partial charge in [0.15, 0.2) is 0 Å². The highest BCUT2D eigenvalue weighted by Crippen LogP contribution is 2.40. The van der Waals surface area contributed by atoms with Gasteiger partial charge >= 0.3 is 5.97 Å². The molecule has 0 saturated heterocycles. The number of rotatable bonds is 3. The fraction of sp³-hybridized carbons (Fsp3) is 0.333. The van der Waals surface area contributed by atoms with Crippen LogP contribution in [0.4, 0.5) is 0 Å². The van der Waals surface area contributed by atoms with Gasteiger partial charge in [-0.3, -0.25) is 0 Å². The summed E-state index contributed by atoms with van der Waals surface area (Å²) in [5.74, 6) is -0.822. The van der Waals surface area contributed by atoms with E-state index in [-0.39, 0.29) is 6.10 Å². The number of hydrogen-bond donors (Lipinski definition) is 2. The Morgan fingerprint density at radius 3 is 2.81 bits per heavy atom. The van der Waals surface area contributed by atoms with Crippen LogP contribution in [0.1, 0.15) is 31.6 Å². The Bertz CT molecular complexity index is 652. The summed E-state index contributed by atoms with van der Waals surface area (Å²) in [6.45, 7) is 5.40. The number of ether oxygens (including phenoxy) is 1. The molecule has 0 aliphatic carbocycles. The summed E-state index contributed by atoms with van der Waals surface area (Å²) in [4.78, 5) is 13.3. The van der Waals surface area contributed by atoms with Crippen molar-refractivity contribution >= 4 is 29.9 Å². The average Bonchev–Trinajstić information content (AvgIpc) is 2.90. The van der Waals surface area contributed by atoms with Gasteiger partial charge < -0.3 is 10.1 Å². The summed E-state index contributed by atoms with van der Waals surface area (Å²) in [5, 5.41) is 14.8. The molecule has 2 heterocycles. The summed E-state index contributed by atoms with van der Waals surface area (Å²) in [7, 11) is 0. The number of esters is 1. The number of nitrogens with zero attached hydrogens (tertiary/aromatic N) is 1. The van der Waals surface area contributed by atoms with Gasteiger partial charge in [-0.15, -0.1) is 24.0 Å². The maximum absolute atomic E-state index is 12.4. The minimum Gasteiger partial charge on any atom is -0.460 e. The summed E-state index contributed by atoms with van der Waals surface area (Å²) < 4.78 is 5.33. The molecule has 0 radical (unpaired) electrons. The van der Waals surface area contributed by atoms with Crippen LogP contribution in [0.5, 0.6) is 0 Å². The minimum absolute atomic E-state index is 0.214. The lowest BCUT2D eigenvalue weighted by Gasteiger charge is -2.27. The van der Waals surface area contributed by atoms with Crippen LogP contribution in [0.15, 0.2) is 39.4 Å². The highest BCUT2D eigenvalue weighted by atomic mass is 32.1. The van der Waals surface area contributed by atoms with Crippen LogP contribution >= 0.6 is 24.0 Å². The van der Waals surface area contributed by atoms with Gasteiger partial charge in [-0.2, -0.15) is 5.26 Å². The maximum Gasteiger partial charge on any atom is 0.337 e. The molecule has 0 saturated carbocycles. The number of dihydropyridines is 1. The molecule has 0 spiro atoms. The van der Waals surface area contributed by atoms with E-state index in [0.717, 1.165) is 4.88 Å². The summed E-state index contributed by atoms with van der Waals surface area (Å²) in [6, 6.07) is 5.97. The number of nitrogens with one attached hydrogen (secondary N) is 1. The van der Waals surface area contributed by atoms with Crippen LogP contribution in [-0.4, -0.2) is 12.1 Å². The van der Waals surface area contributed by atoms with E-state index in [1.165, 1.54) is 11.3 Å². The normalized spacial score (nSPS) is 18.6. The van der Waals surface area contributed by atoms with Gasteiger partial charge in [-0.25, -0.2) is 4.79 Å². The first-order valence-corrected chi connectivity index (χ1v) is 7.83. The van der Waals surface area contributed by atoms with Gasteiger partial charge in [0.2, 0.25) is 0 Å². The monoisotopic (exact) mass is 320 g/mol. The van der Waals surface area contributed by atoms with E-state index in [1.807, 2.05) is 17.5 Å². The molecule has 110 valence electrons. The van der Waals surface area contributed by atoms with Crippen molar-refractivity contribution in [1.29, 1.82) is 5.26 Å². The van der Waals surface area contributed by atoms with E-state index in [0.29, 0.717) is 21.9 Å². The van der Waals surface area contributed by atoms with Crippen LogP contribution in [-0.2, 0) is 9.53 Å². The lowest BCUT2D eigenvalue weighted by molar-refractivity contribution is -0.143. The van der Waals surface area contributed by atoms with E-state index >= 15 is 0 Å². The molecule has 1 N–H and O–H groups in total. The predicted octanol–water partition coefficient (Wildman–Crippen LogP) is 3.33. The van der Waals surface area contributed by atoms with Crippen molar-refractivity contribution in [2.45, 2.75) is 32.8 Å². The first kappa shape index (κ1) is 15.7. The third-order valence-electron chi connectivity index (χ3n) is 3.05. The Morgan fingerprint density at radius 2 is 2.29 bits per heavy atom. The molecule has 0 amide bonds. The van der Waals surface area contributed by atoms with Crippen molar-refractivity contribution in [3.63, 3.8) is 0 Å². The van der Waals surface area contributed by atoms with Crippen molar-refractivity contribution in [3.8, 4) is 6.07 Å². The Kier molecular flexibility index (Phi) is 4.76. The minimum atomic E-state index is -0.421. The summed E-state index contributed by atoms with van der Waals surface area (Å²) >= 11 is 5.83. The number of thiophene rings is 1. The number of hydrogen-bond acceptors (Lipinski definition) is 6. The van der Waals surface area contributed by atoms with Crippen molar-refractivity contribution < 1.29 is 9.53 Å². The van der Waals surface area contributed by atoms with Gasteiger partial charge in [0.25, 0.3) is 0 Å². The van der Waals surface area contributed by atoms with Gasteiger partial charge in [0.05, 0.1) is 34.3 Å². The largest absolute Gasteiger partial charge is 0.460 e. The first-order valence-electron chi connectivity index (χ1n) is 6.51. The third-order valence-corrected chi connectivity index (χ3v) is 4.34. The van der Waals surface area contributed by atoms with Gasteiger partial charge in [-0.05, 0) is 32.2 Å². The molecular weight excluding hydrogens is 304 g/mol. The lowest BCUT2D eigenvalue weighted by atomic mass is 9.87. The topological polar surface area (TPSA) is 62.1 Å². The standard InChI is InChI=1S/C15H16N2O2S2/c1-8(2)19-15(18)12-9(3)17-14(20)10(7-16)13(12)11-5-4-6-21-11/h4-6,8,13,17,20H,1-3H3/t13-/m1/s1. The van der Waals surface area contributed by atoms with Crippen molar-refractivity contribution in [2.24, 2.45) is 0 Å². The molecule has 0 aromatic carbocycles. The molecule has 6 heteroatoms. The van der Waals surface area contributed by atoms with E-state index in [4.69, 9.17) is 4.74 Å². The molecule has 1 atom stereocenters. The van der Waals surface area contributed by atoms with Gasteiger partial charge in [0.1, 0.15) is 0 Å². The maximum atomic E-state index is 12.4. The van der Waals surface area contributed by atoms with Crippen LogP contribution in [0, 0.1) is 11.3 Å². The number of carbonyl (C=O) groups excluding carboxylic acids is 1. The smallest absolute Gasteiger partial charge is 0.337 e. The lowest BCUT2D eigenvalue weighted by Crippen LogP contribution is -2.28. The zero-order chi connectivity index (χ0) is 15.6. The van der Waals surface area contributed by atoms with Crippen LogP contribution in [0.2, 0.25) is 0 Å².